The topological polar surface area (TPSA) is 88.8 Å². The van der Waals surface area contributed by atoms with Gasteiger partial charge in [-0.05, 0) is 13.0 Å². The molecule has 6 nitrogen and oxygen atoms in total. The second-order valence-corrected chi connectivity index (χ2v) is 5.55. The molecule has 1 aliphatic carbocycles. The smallest absolute Gasteiger partial charge is 0.330 e. The van der Waals surface area contributed by atoms with Gasteiger partial charge in [0.05, 0.1) is 17.9 Å². The van der Waals surface area contributed by atoms with Crippen molar-refractivity contribution < 1.29 is 23.8 Å². The first-order valence-corrected chi connectivity index (χ1v) is 6.55. The molecular formula is C14H19NO5. The largest absolute Gasteiger partial charge is 0.479 e. The Morgan fingerprint density at radius 2 is 2.25 bits per heavy atom. The Morgan fingerprint density at radius 1 is 1.55 bits per heavy atom. The van der Waals surface area contributed by atoms with Gasteiger partial charge in [-0.3, -0.25) is 4.79 Å². The number of rotatable bonds is 5. The predicted octanol–water partition coefficient (Wildman–Crippen LogP) is 1.67. The van der Waals surface area contributed by atoms with Crippen LogP contribution in [0.4, 0.5) is 0 Å². The Bertz CT molecular complexity index is 508. The first kappa shape index (κ1) is 14.6. The summed E-state index contributed by atoms with van der Waals surface area (Å²) in [7, 11) is 0. The number of nitrogens with one attached hydrogen (secondary N) is 1. The highest BCUT2D eigenvalue weighted by molar-refractivity contribution is 5.98. The van der Waals surface area contributed by atoms with Crippen molar-refractivity contribution in [3.8, 4) is 0 Å². The number of ether oxygens (including phenoxy) is 1. The lowest BCUT2D eigenvalue weighted by atomic mass is 9.54. The second kappa shape index (κ2) is 4.94. The number of carboxylic acid groups (broad SMARTS) is 1. The van der Waals surface area contributed by atoms with Gasteiger partial charge in [0, 0.05) is 18.4 Å². The predicted molar refractivity (Wildman–Crippen MR) is 70.4 cm³/mol. The Labute approximate surface area is 117 Å². The van der Waals surface area contributed by atoms with Crippen LogP contribution in [0.1, 0.15) is 37.6 Å². The summed E-state index contributed by atoms with van der Waals surface area (Å²) < 4.78 is 10.4. The summed E-state index contributed by atoms with van der Waals surface area (Å²) >= 11 is 0. The van der Waals surface area contributed by atoms with Crippen molar-refractivity contribution in [1.82, 2.24) is 5.32 Å². The zero-order valence-corrected chi connectivity index (χ0v) is 11.8. The Balaban J connectivity index is 2.21. The summed E-state index contributed by atoms with van der Waals surface area (Å²) in [4.78, 5) is 23.8. The fourth-order valence-corrected chi connectivity index (χ4v) is 2.70. The van der Waals surface area contributed by atoms with Crippen LogP contribution in [-0.4, -0.2) is 35.2 Å². The molecule has 2 unspecified atom stereocenters. The van der Waals surface area contributed by atoms with Crippen molar-refractivity contribution in [3.63, 3.8) is 0 Å². The maximum atomic E-state index is 12.1. The van der Waals surface area contributed by atoms with E-state index in [2.05, 4.69) is 5.32 Å². The highest BCUT2D eigenvalue weighted by atomic mass is 16.5. The summed E-state index contributed by atoms with van der Waals surface area (Å²) in [5.41, 5.74) is -1.70. The molecule has 0 bridgehead atoms. The van der Waals surface area contributed by atoms with Gasteiger partial charge in [-0.25, -0.2) is 4.79 Å². The van der Waals surface area contributed by atoms with E-state index in [9.17, 15) is 14.7 Å². The van der Waals surface area contributed by atoms with Crippen LogP contribution in [0.2, 0.25) is 0 Å². The summed E-state index contributed by atoms with van der Waals surface area (Å²) in [6, 6.07) is 1.50. The van der Waals surface area contributed by atoms with Gasteiger partial charge >= 0.3 is 5.97 Å². The zero-order chi connectivity index (χ0) is 15.0. The summed E-state index contributed by atoms with van der Waals surface area (Å²) in [6.07, 6.45) is 2.73. The minimum atomic E-state index is -1.32. The molecule has 1 fully saturated rings. The van der Waals surface area contributed by atoms with Gasteiger partial charge in [0.1, 0.15) is 11.8 Å². The number of amides is 1. The molecule has 2 atom stereocenters. The molecule has 1 heterocycles. The molecule has 1 aromatic rings. The lowest BCUT2D eigenvalue weighted by Crippen LogP contribution is -2.76. The van der Waals surface area contributed by atoms with E-state index in [1.54, 1.807) is 13.8 Å². The molecule has 110 valence electrons. The number of aliphatic carboxylic acids is 1. The molecule has 0 aliphatic heterocycles. The van der Waals surface area contributed by atoms with Crippen molar-refractivity contribution >= 4 is 11.9 Å². The molecule has 1 aromatic heterocycles. The van der Waals surface area contributed by atoms with E-state index >= 15 is 0 Å². The van der Waals surface area contributed by atoms with Crippen molar-refractivity contribution in [3.05, 3.63) is 24.2 Å². The van der Waals surface area contributed by atoms with Gasteiger partial charge in [0.25, 0.3) is 5.91 Å². The molecule has 0 aromatic carbocycles. The van der Waals surface area contributed by atoms with E-state index in [-0.39, 0.29) is 12.5 Å². The average molecular weight is 281 g/mol. The van der Waals surface area contributed by atoms with E-state index in [1.165, 1.54) is 18.6 Å². The zero-order valence-electron chi connectivity index (χ0n) is 11.8. The third kappa shape index (κ3) is 2.00. The average Bonchev–Trinajstić information content (AvgIpc) is 2.90. The molecule has 1 aliphatic rings. The summed E-state index contributed by atoms with van der Waals surface area (Å²) in [5, 5.41) is 12.2. The molecular weight excluding hydrogens is 262 g/mol. The van der Waals surface area contributed by atoms with Crippen LogP contribution in [0, 0.1) is 5.41 Å². The van der Waals surface area contributed by atoms with Crippen LogP contribution in [0.5, 0.6) is 0 Å². The fourth-order valence-electron chi connectivity index (χ4n) is 2.70. The number of carboxylic acids is 1. The molecule has 1 amide bonds. The fraction of sp³-hybridized carbons (Fsp3) is 0.571. The van der Waals surface area contributed by atoms with Gasteiger partial charge in [-0.15, -0.1) is 0 Å². The molecule has 0 spiro atoms. The third-order valence-corrected chi connectivity index (χ3v) is 4.24. The van der Waals surface area contributed by atoms with Gasteiger partial charge in [-0.1, -0.05) is 13.8 Å². The quantitative estimate of drug-likeness (QED) is 0.857. The maximum Gasteiger partial charge on any atom is 0.330 e. The molecule has 0 radical (unpaired) electrons. The van der Waals surface area contributed by atoms with E-state index in [4.69, 9.17) is 9.15 Å². The Morgan fingerprint density at radius 3 is 2.70 bits per heavy atom. The minimum absolute atomic E-state index is 0.187. The van der Waals surface area contributed by atoms with Crippen LogP contribution in [0.15, 0.2) is 23.0 Å². The SMILES string of the molecule is CCOC1CC(NC(=O)c2ccoc2)(C(=O)O)C1(C)C. The number of furan rings is 1. The Hall–Kier alpha value is -1.82. The van der Waals surface area contributed by atoms with E-state index < -0.39 is 22.8 Å². The van der Waals surface area contributed by atoms with Crippen molar-refractivity contribution in [2.24, 2.45) is 5.41 Å². The third-order valence-electron chi connectivity index (χ3n) is 4.24. The van der Waals surface area contributed by atoms with Gasteiger partial charge in [0.2, 0.25) is 0 Å². The van der Waals surface area contributed by atoms with Crippen LogP contribution in [0.25, 0.3) is 0 Å². The lowest BCUT2D eigenvalue weighted by Gasteiger charge is -2.58. The standard InChI is InChI=1S/C14H19NO5/c1-4-20-10-7-14(12(17)18,13(10,2)3)15-11(16)9-5-6-19-8-9/h5-6,8,10H,4,7H2,1-3H3,(H,15,16)(H,17,18). The lowest BCUT2D eigenvalue weighted by molar-refractivity contribution is -0.190. The van der Waals surface area contributed by atoms with Gasteiger partial charge in [-0.2, -0.15) is 0 Å². The van der Waals surface area contributed by atoms with Crippen molar-refractivity contribution in [2.45, 2.75) is 38.8 Å². The van der Waals surface area contributed by atoms with E-state index in [0.29, 0.717) is 12.2 Å². The van der Waals surface area contributed by atoms with Gasteiger partial charge < -0.3 is 19.6 Å². The molecule has 6 heteroatoms. The number of hydrogen-bond acceptors (Lipinski definition) is 4. The van der Waals surface area contributed by atoms with Gasteiger partial charge in [0.15, 0.2) is 0 Å². The molecule has 0 saturated heterocycles. The summed E-state index contributed by atoms with van der Waals surface area (Å²) in [6.45, 7) is 5.96. The monoisotopic (exact) mass is 281 g/mol. The van der Waals surface area contributed by atoms with E-state index in [0.717, 1.165) is 0 Å². The summed E-state index contributed by atoms with van der Waals surface area (Å²) in [5.74, 6) is -1.50. The molecule has 2 rings (SSSR count). The molecule has 20 heavy (non-hydrogen) atoms. The van der Waals surface area contributed by atoms with Crippen LogP contribution in [-0.2, 0) is 9.53 Å². The van der Waals surface area contributed by atoms with Crippen molar-refractivity contribution in [1.29, 1.82) is 0 Å². The number of carbonyl (C=O) groups excluding carboxylic acids is 1. The van der Waals surface area contributed by atoms with E-state index in [1.807, 2.05) is 6.92 Å². The molecule has 1 saturated carbocycles. The Kier molecular flexibility index (Phi) is 3.60. The first-order chi connectivity index (χ1) is 9.35. The van der Waals surface area contributed by atoms with Crippen molar-refractivity contribution in [2.75, 3.05) is 6.61 Å². The highest BCUT2D eigenvalue weighted by Crippen LogP contribution is 2.51. The van der Waals surface area contributed by atoms with Crippen LogP contribution < -0.4 is 5.32 Å². The first-order valence-electron chi connectivity index (χ1n) is 6.55. The molecule has 2 N–H and O–H groups in total. The minimum Gasteiger partial charge on any atom is -0.479 e. The maximum absolute atomic E-state index is 12.1. The number of carbonyl (C=O) groups is 2. The van der Waals surface area contributed by atoms with Crippen LogP contribution in [0.3, 0.4) is 0 Å². The van der Waals surface area contributed by atoms with Crippen LogP contribution >= 0.6 is 0 Å². The second-order valence-electron chi connectivity index (χ2n) is 5.55. The highest BCUT2D eigenvalue weighted by Gasteiger charge is 2.66. The normalized spacial score (nSPS) is 27.6. The number of hydrogen-bond donors (Lipinski definition) is 2.